The van der Waals surface area contributed by atoms with Crippen molar-refractivity contribution in [2.45, 2.75) is 31.6 Å². The predicted octanol–water partition coefficient (Wildman–Crippen LogP) is 2.73. The SMILES string of the molecule is CCOC1CC(Nc2ccc(Cl)cc2C(=O)OC)C1OC. The van der Waals surface area contributed by atoms with Crippen molar-refractivity contribution >= 4 is 23.3 Å². The molecular weight excluding hydrogens is 294 g/mol. The van der Waals surface area contributed by atoms with Crippen molar-refractivity contribution < 1.29 is 19.0 Å². The van der Waals surface area contributed by atoms with Crippen molar-refractivity contribution in [1.29, 1.82) is 0 Å². The van der Waals surface area contributed by atoms with Gasteiger partial charge in [0.2, 0.25) is 0 Å². The van der Waals surface area contributed by atoms with Gasteiger partial charge in [0, 0.05) is 24.4 Å². The van der Waals surface area contributed by atoms with Gasteiger partial charge in [-0.05, 0) is 31.5 Å². The van der Waals surface area contributed by atoms with Gasteiger partial charge in [0.25, 0.3) is 0 Å². The highest BCUT2D eigenvalue weighted by atomic mass is 35.5. The number of halogens is 1. The fourth-order valence-electron chi connectivity index (χ4n) is 2.54. The van der Waals surface area contributed by atoms with Gasteiger partial charge < -0.3 is 19.5 Å². The number of rotatable bonds is 6. The van der Waals surface area contributed by atoms with E-state index in [2.05, 4.69) is 5.32 Å². The number of carbonyl (C=O) groups excluding carboxylic acids is 1. The van der Waals surface area contributed by atoms with Gasteiger partial charge in [-0.1, -0.05) is 11.6 Å². The quantitative estimate of drug-likeness (QED) is 0.818. The molecule has 116 valence electrons. The maximum atomic E-state index is 11.8. The summed E-state index contributed by atoms with van der Waals surface area (Å²) in [6, 6.07) is 5.19. The van der Waals surface area contributed by atoms with Gasteiger partial charge in [0.1, 0.15) is 6.10 Å². The van der Waals surface area contributed by atoms with Crippen LogP contribution in [0.25, 0.3) is 0 Å². The topological polar surface area (TPSA) is 56.8 Å². The molecule has 0 saturated heterocycles. The van der Waals surface area contributed by atoms with E-state index in [9.17, 15) is 4.79 Å². The summed E-state index contributed by atoms with van der Waals surface area (Å²) in [5.41, 5.74) is 1.10. The van der Waals surface area contributed by atoms with Crippen LogP contribution in [0.4, 0.5) is 5.69 Å². The first kappa shape index (κ1) is 16.1. The molecule has 1 fully saturated rings. The largest absolute Gasteiger partial charge is 0.465 e. The first-order valence-corrected chi connectivity index (χ1v) is 7.27. The molecule has 1 aromatic carbocycles. The minimum absolute atomic E-state index is 0.0360. The summed E-state index contributed by atoms with van der Waals surface area (Å²) in [6.07, 6.45) is 0.882. The summed E-state index contributed by atoms with van der Waals surface area (Å²) in [6.45, 7) is 2.62. The van der Waals surface area contributed by atoms with E-state index in [1.807, 2.05) is 6.92 Å². The van der Waals surface area contributed by atoms with Crippen LogP contribution in [0, 0.1) is 0 Å². The molecule has 0 amide bonds. The third-order valence-corrected chi connectivity index (χ3v) is 3.87. The highest BCUT2D eigenvalue weighted by Gasteiger charge is 2.42. The summed E-state index contributed by atoms with van der Waals surface area (Å²) in [7, 11) is 3.01. The smallest absolute Gasteiger partial charge is 0.340 e. The van der Waals surface area contributed by atoms with E-state index < -0.39 is 5.97 Å². The lowest BCUT2D eigenvalue weighted by Gasteiger charge is -2.44. The lowest BCUT2D eigenvalue weighted by Crippen LogP contribution is -2.57. The van der Waals surface area contributed by atoms with E-state index in [-0.39, 0.29) is 18.2 Å². The van der Waals surface area contributed by atoms with E-state index in [1.54, 1.807) is 25.3 Å². The average Bonchev–Trinajstić information content (AvgIpc) is 2.47. The van der Waals surface area contributed by atoms with Gasteiger partial charge >= 0.3 is 5.97 Å². The molecule has 0 radical (unpaired) electrons. The van der Waals surface area contributed by atoms with Gasteiger partial charge in [0.15, 0.2) is 0 Å². The minimum Gasteiger partial charge on any atom is -0.465 e. The van der Waals surface area contributed by atoms with Crippen molar-refractivity contribution in [2.24, 2.45) is 0 Å². The molecule has 21 heavy (non-hydrogen) atoms. The van der Waals surface area contributed by atoms with Crippen LogP contribution in [0.1, 0.15) is 23.7 Å². The molecule has 0 bridgehead atoms. The van der Waals surface area contributed by atoms with Crippen LogP contribution >= 0.6 is 11.6 Å². The Morgan fingerprint density at radius 2 is 2.19 bits per heavy atom. The first-order valence-electron chi connectivity index (χ1n) is 6.89. The number of ether oxygens (including phenoxy) is 3. The van der Waals surface area contributed by atoms with E-state index in [0.717, 1.165) is 6.42 Å². The van der Waals surface area contributed by atoms with E-state index >= 15 is 0 Å². The second-order valence-corrected chi connectivity index (χ2v) is 5.30. The van der Waals surface area contributed by atoms with Crippen LogP contribution in [0.15, 0.2) is 18.2 Å². The lowest BCUT2D eigenvalue weighted by atomic mass is 9.84. The first-order chi connectivity index (χ1) is 10.1. The van der Waals surface area contributed by atoms with Crippen molar-refractivity contribution in [3.63, 3.8) is 0 Å². The van der Waals surface area contributed by atoms with Gasteiger partial charge in [-0.3, -0.25) is 0 Å². The zero-order valence-electron chi connectivity index (χ0n) is 12.4. The molecule has 3 atom stereocenters. The number of nitrogens with one attached hydrogen (secondary N) is 1. The molecule has 1 aliphatic carbocycles. The van der Waals surface area contributed by atoms with Crippen LogP contribution in [-0.4, -0.2) is 45.0 Å². The fourth-order valence-corrected chi connectivity index (χ4v) is 2.71. The van der Waals surface area contributed by atoms with E-state index in [1.165, 1.54) is 7.11 Å². The number of anilines is 1. The number of hydrogen-bond acceptors (Lipinski definition) is 5. The predicted molar refractivity (Wildman–Crippen MR) is 81.0 cm³/mol. The maximum Gasteiger partial charge on any atom is 0.340 e. The standard InChI is InChI=1S/C15H20ClNO4/c1-4-21-13-8-12(14(13)19-2)17-11-6-5-9(16)7-10(11)15(18)20-3/h5-7,12-14,17H,4,8H2,1-3H3. The molecule has 0 heterocycles. The van der Waals surface area contributed by atoms with Gasteiger partial charge in [-0.25, -0.2) is 4.79 Å². The minimum atomic E-state index is -0.422. The number of benzene rings is 1. The summed E-state index contributed by atoms with van der Waals surface area (Å²) < 4.78 is 15.8. The number of methoxy groups -OCH3 is 2. The molecule has 1 saturated carbocycles. The highest BCUT2D eigenvalue weighted by molar-refractivity contribution is 6.31. The lowest BCUT2D eigenvalue weighted by molar-refractivity contribution is -0.118. The summed E-state index contributed by atoms with van der Waals surface area (Å²) >= 11 is 5.94. The van der Waals surface area contributed by atoms with Crippen molar-refractivity contribution in [1.82, 2.24) is 0 Å². The average molecular weight is 314 g/mol. The highest BCUT2D eigenvalue weighted by Crippen LogP contribution is 2.31. The van der Waals surface area contributed by atoms with Crippen LogP contribution < -0.4 is 5.32 Å². The Morgan fingerprint density at radius 3 is 2.81 bits per heavy atom. The molecule has 5 nitrogen and oxygen atoms in total. The molecular formula is C15H20ClNO4. The fraction of sp³-hybridized carbons (Fsp3) is 0.533. The third kappa shape index (κ3) is 3.48. The van der Waals surface area contributed by atoms with Crippen molar-refractivity contribution in [3.05, 3.63) is 28.8 Å². The Kier molecular flexibility index (Phi) is 5.45. The van der Waals surface area contributed by atoms with Crippen LogP contribution in [-0.2, 0) is 14.2 Å². The summed E-state index contributed by atoms with van der Waals surface area (Å²) in [5, 5.41) is 3.81. The Balaban J connectivity index is 2.11. The Labute approximate surface area is 129 Å². The Morgan fingerprint density at radius 1 is 1.43 bits per heavy atom. The van der Waals surface area contributed by atoms with Gasteiger partial charge in [-0.2, -0.15) is 0 Å². The molecule has 1 N–H and O–H groups in total. The summed E-state index contributed by atoms with van der Waals surface area (Å²) in [4.78, 5) is 11.8. The maximum absolute atomic E-state index is 11.8. The van der Waals surface area contributed by atoms with Gasteiger partial charge in [0.05, 0.1) is 24.8 Å². The molecule has 0 spiro atoms. The van der Waals surface area contributed by atoms with Crippen molar-refractivity contribution in [3.8, 4) is 0 Å². The summed E-state index contributed by atoms with van der Waals surface area (Å²) in [5.74, 6) is -0.422. The normalized spacial score (nSPS) is 24.3. The number of hydrogen-bond donors (Lipinski definition) is 1. The molecule has 0 aliphatic heterocycles. The van der Waals surface area contributed by atoms with Crippen molar-refractivity contribution in [2.75, 3.05) is 26.1 Å². The zero-order chi connectivity index (χ0) is 15.4. The Bertz CT molecular complexity index is 508. The molecule has 1 aromatic rings. The van der Waals surface area contributed by atoms with Gasteiger partial charge in [-0.15, -0.1) is 0 Å². The second kappa shape index (κ2) is 7.11. The van der Waals surface area contributed by atoms with Crippen LogP contribution in [0.5, 0.6) is 0 Å². The van der Waals surface area contributed by atoms with Crippen LogP contribution in [0.2, 0.25) is 5.02 Å². The monoisotopic (exact) mass is 313 g/mol. The molecule has 6 heteroatoms. The molecule has 3 unspecified atom stereocenters. The van der Waals surface area contributed by atoms with Crippen LogP contribution in [0.3, 0.4) is 0 Å². The number of esters is 1. The molecule has 1 aliphatic rings. The molecule has 0 aromatic heterocycles. The molecule has 2 rings (SSSR count). The second-order valence-electron chi connectivity index (χ2n) is 4.86. The third-order valence-electron chi connectivity index (χ3n) is 3.63. The Hall–Kier alpha value is -1.30. The zero-order valence-corrected chi connectivity index (χ0v) is 13.1. The van der Waals surface area contributed by atoms with E-state index in [0.29, 0.717) is 22.9 Å². The van der Waals surface area contributed by atoms with E-state index in [4.69, 9.17) is 25.8 Å². The number of carbonyl (C=O) groups is 1.